The van der Waals surface area contributed by atoms with Crippen LogP contribution >= 0.6 is 11.6 Å². The molecule has 0 atom stereocenters. The van der Waals surface area contributed by atoms with Gasteiger partial charge in [-0.15, -0.1) is 0 Å². The van der Waals surface area contributed by atoms with Crippen LogP contribution < -0.4 is 11.1 Å². The number of anilines is 1. The topological polar surface area (TPSA) is 80.9 Å². The predicted molar refractivity (Wildman–Crippen MR) is 89.3 cm³/mol. The molecule has 0 aliphatic heterocycles. The molecule has 1 aromatic carbocycles. The molecule has 134 valence electrons. The summed E-state index contributed by atoms with van der Waals surface area (Å²) in [4.78, 5) is 19.5. The minimum absolute atomic E-state index is 0.0559. The van der Waals surface area contributed by atoms with Crippen LogP contribution in [0, 0.1) is 0 Å². The lowest BCUT2D eigenvalue weighted by atomic mass is 10.1. The van der Waals surface area contributed by atoms with Gasteiger partial charge < -0.3 is 11.1 Å². The van der Waals surface area contributed by atoms with E-state index in [-0.39, 0.29) is 29.0 Å². The van der Waals surface area contributed by atoms with E-state index in [1.165, 1.54) is 12.1 Å². The number of rotatable bonds is 5. The number of amides is 1. The summed E-state index contributed by atoms with van der Waals surface area (Å²) in [7, 11) is 0. The average Bonchev–Trinajstić information content (AvgIpc) is 2.53. The summed E-state index contributed by atoms with van der Waals surface area (Å²) < 4.78 is 38.1. The Balaban J connectivity index is 2.50. The summed E-state index contributed by atoms with van der Waals surface area (Å²) in [6, 6.07) is 4.50. The third-order valence-corrected chi connectivity index (χ3v) is 3.66. The molecule has 1 amide bonds. The van der Waals surface area contributed by atoms with Gasteiger partial charge in [-0.2, -0.15) is 13.2 Å². The van der Waals surface area contributed by atoms with Crippen molar-refractivity contribution in [1.82, 2.24) is 9.97 Å². The molecule has 2 rings (SSSR count). The van der Waals surface area contributed by atoms with Crippen molar-refractivity contribution in [1.29, 1.82) is 0 Å². The second-order valence-electron chi connectivity index (χ2n) is 5.64. The molecule has 0 fully saturated rings. The van der Waals surface area contributed by atoms with Gasteiger partial charge in [0.05, 0.1) is 17.8 Å². The first kappa shape index (κ1) is 19.0. The molecule has 2 aromatic rings. The van der Waals surface area contributed by atoms with E-state index in [0.717, 1.165) is 12.1 Å². The third-order valence-electron chi connectivity index (χ3n) is 3.30. The van der Waals surface area contributed by atoms with E-state index in [9.17, 15) is 18.0 Å². The molecular weight excluding hydrogens is 357 g/mol. The Hall–Kier alpha value is -2.35. The fourth-order valence-electron chi connectivity index (χ4n) is 2.02. The van der Waals surface area contributed by atoms with E-state index >= 15 is 0 Å². The fourth-order valence-corrected chi connectivity index (χ4v) is 2.28. The van der Waals surface area contributed by atoms with E-state index in [4.69, 9.17) is 17.3 Å². The maximum absolute atomic E-state index is 12.7. The zero-order valence-electron chi connectivity index (χ0n) is 13.5. The Bertz CT molecular complexity index is 776. The molecule has 0 radical (unpaired) electrons. The number of hydrogen-bond acceptors (Lipinski definition) is 4. The zero-order chi connectivity index (χ0) is 18.8. The average molecular weight is 373 g/mol. The Labute approximate surface area is 147 Å². The van der Waals surface area contributed by atoms with E-state index in [1.807, 2.05) is 13.8 Å². The smallest absolute Gasteiger partial charge is 0.368 e. The first-order valence-corrected chi connectivity index (χ1v) is 7.74. The standard InChI is InChI=1S/C16H16ClF3N4O/c1-8(2)14-23-13(12(17)15(24-14)22-7-11(21)25)9-3-5-10(6-4-9)16(18,19)20/h3-6,8H,7H2,1-2H3,(H2,21,25)(H,22,23,24). The lowest BCUT2D eigenvalue weighted by molar-refractivity contribution is -0.137. The molecule has 0 unspecified atom stereocenters. The first-order valence-electron chi connectivity index (χ1n) is 7.37. The van der Waals surface area contributed by atoms with Crippen LogP contribution in [-0.2, 0) is 11.0 Å². The van der Waals surface area contributed by atoms with Crippen molar-refractivity contribution in [2.24, 2.45) is 5.73 Å². The molecule has 0 saturated heterocycles. The number of nitrogens with two attached hydrogens (primary N) is 1. The molecule has 9 heteroatoms. The SMILES string of the molecule is CC(C)c1nc(NCC(N)=O)c(Cl)c(-c2ccc(C(F)(F)F)cc2)n1. The number of nitrogens with zero attached hydrogens (tertiary/aromatic N) is 2. The van der Waals surface area contributed by atoms with Gasteiger partial charge in [0.2, 0.25) is 5.91 Å². The van der Waals surface area contributed by atoms with Gasteiger partial charge in [-0.25, -0.2) is 9.97 Å². The zero-order valence-corrected chi connectivity index (χ0v) is 14.2. The summed E-state index contributed by atoms with van der Waals surface area (Å²) in [6.45, 7) is 3.54. The van der Waals surface area contributed by atoms with Gasteiger partial charge in [0.25, 0.3) is 0 Å². The van der Waals surface area contributed by atoms with Crippen LogP contribution in [0.15, 0.2) is 24.3 Å². The lowest BCUT2D eigenvalue weighted by Gasteiger charge is -2.14. The number of benzene rings is 1. The summed E-state index contributed by atoms with van der Waals surface area (Å²) in [5.74, 6) is -0.0169. The maximum atomic E-state index is 12.7. The largest absolute Gasteiger partial charge is 0.416 e. The number of primary amides is 1. The van der Waals surface area contributed by atoms with Crippen molar-refractivity contribution in [3.8, 4) is 11.3 Å². The van der Waals surface area contributed by atoms with Gasteiger partial charge in [0, 0.05) is 11.5 Å². The Kier molecular flexibility index (Phi) is 5.52. The number of nitrogens with one attached hydrogen (secondary N) is 1. The van der Waals surface area contributed by atoms with Crippen LogP contribution in [0.2, 0.25) is 5.02 Å². The van der Waals surface area contributed by atoms with Gasteiger partial charge in [-0.3, -0.25) is 4.79 Å². The highest BCUT2D eigenvalue weighted by Crippen LogP contribution is 2.35. The van der Waals surface area contributed by atoms with Crippen molar-refractivity contribution in [2.45, 2.75) is 25.9 Å². The summed E-state index contributed by atoms with van der Waals surface area (Å²) in [6.07, 6.45) is -4.43. The van der Waals surface area contributed by atoms with Crippen LogP contribution in [0.4, 0.5) is 19.0 Å². The molecule has 3 N–H and O–H groups in total. The molecule has 0 aliphatic rings. The van der Waals surface area contributed by atoms with E-state index in [0.29, 0.717) is 11.4 Å². The van der Waals surface area contributed by atoms with Gasteiger partial charge >= 0.3 is 6.18 Å². The number of aromatic nitrogens is 2. The molecular formula is C16H16ClF3N4O. The van der Waals surface area contributed by atoms with Crippen molar-refractivity contribution in [3.05, 3.63) is 40.7 Å². The van der Waals surface area contributed by atoms with Gasteiger partial charge in [0.15, 0.2) is 0 Å². The van der Waals surface area contributed by atoms with Gasteiger partial charge in [-0.1, -0.05) is 37.6 Å². The van der Waals surface area contributed by atoms with Gasteiger partial charge in [0.1, 0.15) is 16.7 Å². The molecule has 1 heterocycles. The highest BCUT2D eigenvalue weighted by Gasteiger charge is 2.30. The minimum Gasteiger partial charge on any atom is -0.368 e. The number of alkyl halides is 3. The quantitative estimate of drug-likeness (QED) is 0.835. The van der Waals surface area contributed by atoms with Crippen LogP contribution in [0.3, 0.4) is 0 Å². The summed E-state index contributed by atoms with van der Waals surface area (Å²) >= 11 is 6.27. The molecule has 1 aromatic heterocycles. The monoisotopic (exact) mass is 372 g/mol. The highest BCUT2D eigenvalue weighted by molar-refractivity contribution is 6.35. The van der Waals surface area contributed by atoms with Crippen LogP contribution in [-0.4, -0.2) is 22.4 Å². The second kappa shape index (κ2) is 7.26. The van der Waals surface area contributed by atoms with E-state index < -0.39 is 17.6 Å². The molecule has 25 heavy (non-hydrogen) atoms. The van der Waals surface area contributed by atoms with Crippen molar-refractivity contribution in [2.75, 3.05) is 11.9 Å². The second-order valence-corrected chi connectivity index (χ2v) is 6.02. The maximum Gasteiger partial charge on any atom is 0.416 e. The minimum atomic E-state index is -4.43. The first-order chi connectivity index (χ1) is 11.6. The molecule has 0 spiro atoms. The molecule has 0 aliphatic carbocycles. The number of carbonyl (C=O) groups is 1. The van der Waals surface area contributed by atoms with Crippen molar-refractivity contribution < 1.29 is 18.0 Å². The Morgan fingerprint density at radius 1 is 1.24 bits per heavy atom. The molecule has 5 nitrogen and oxygen atoms in total. The number of halogens is 4. The van der Waals surface area contributed by atoms with Crippen LogP contribution in [0.25, 0.3) is 11.3 Å². The number of hydrogen-bond donors (Lipinski definition) is 2. The van der Waals surface area contributed by atoms with E-state index in [2.05, 4.69) is 15.3 Å². The summed E-state index contributed by atoms with van der Waals surface area (Å²) in [5, 5.41) is 2.82. The fraction of sp³-hybridized carbons (Fsp3) is 0.312. The van der Waals surface area contributed by atoms with E-state index in [1.54, 1.807) is 0 Å². The normalized spacial score (nSPS) is 11.6. The molecule has 0 saturated carbocycles. The highest BCUT2D eigenvalue weighted by atomic mass is 35.5. The Morgan fingerprint density at radius 3 is 2.32 bits per heavy atom. The van der Waals surface area contributed by atoms with Gasteiger partial charge in [-0.05, 0) is 12.1 Å². The molecule has 0 bridgehead atoms. The van der Waals surface area contributed by atoms with Crippen molar-refractivity contribution >= 4 is 23.3 Å². The predicted octanol–water partition coefficient (Wildman–Crippen LogP) is 3.84. The van der Waals surface area contributed by atoms with Crippen LogP contribution in [0.1, 0.15) is 31.2 Å². The lowest BCUT2D eigenvalue weighted by Crippen LogP contribution is -2.23. The van der Waals surface area contributed by atoms with Crippen molar-refractivity contribution in [3.63, 3.8) is 0 Å². The number of carbonyl (C=O) groups excluding carboxylic acids is 1. The third kappa shape index (κ3) is 4.60. The van der Waals surface area contributed by atoms with Crippen LogP contribution in [0.5, 0.6) is 0 Å². The summed E-state index contributed by atoms with van der Waals surface area (Å²) in [5.41, 5.74) is 5.02. The Morgan fingerprint density at radius 2 is 1.84 bits per heavy atom.